The van der Waals surface area contributed by atoms with Crippen molar-refractivity contribution in [3.63, 3.8) is 0 Å². The molecule has 0 aromatic heterocycles. The van der Waals surface area contributed by atoms with E-state index in [9.17, 15) is 0 Å². The van der Waals surface area contributed by atoms with E-state index in [0.717, 1.165) is 31.1 Å². The third-order valence-electron chi connectivity index (χ3n) is 4.00. The summed E-state index contributed by atoms with van der Waals surface area (Å²) < 4.78 is 11.4. The van der Waals surface area contributed by atoms with Crippen molar-refractivity contribution < 1.29 is 9.47 Å². The lowest BCUT2D eigenvalue weighted by atomic mass is 9.83. The SMILES string of the molecule is CNC(C)(C)C(C)c1ccc2c(c1)OCCCO2. The molecule has 1 unspecified atom stereocenters. The molecule has 1 aliphatic heterocycles. The highest BCUT2D eigenvalue weighted by atomic mass is 16.5. The monoisotopic (exact) mass is 249 g/mol. The maximum atomic E-state index is 5.74. The second-order valence-electron chi connectivity index (χ2n) is 5.45. The lowest BCUT2D eigenvalue weighted by Gasteiger charge is -2.32. The smallest absolute Gasteiger partial charge is 0.161 e. The van der Waals surface area contributed by atoms with E-state index in [1.54, 1.807) is 0 Å². The molecule has 0 aliphatic carbocycles. The van der Waals surface area contributed by atoms with Crippen molar-refractivity contribution in [2.75, 3.05) is 20.3 Å². The van der Waals surface area contributed by atoms with Gasteiger partial charge >= 0.3 is 0 Å². The molecule has 3 heteroatoms. The van der Waals surface area contributed by atoms with Crippen LogP contribution in [-0.4, -0.2) is 25.8 Å². The molecule has 1 aromatic rings. The van der Waals surface area contributed by atoms with Crippen LogP contribution in [0.1, 0.15) is 38.7 Å². The Hall–Kier alpha value is -1.22. The van der Waals surface area contributed by atoms with Crippen molar-refractivity contribution in [3.8, 4) is 11.5 Å². The van der Waals surface area contributed by atoms with Crippen molar-refractivity contribution in [2.45, 2.75) is 38.6 Å². The molecular weight excluding hydrogens is 226 g/mol. The normalized spacial score (nSPS) is 17.1. The van der Waals surface area contributed by atoms with E-state index in [2.05, 4.69) is 38.2 Å². The molecule has 18 heavy (non-hydrogen) atoms. The van der Waals surface area contributed by atoms with Gasteiger partial charge in [0.15, 0.2) is 11.5 Å². The fraction of sp³-hybridized carbons (Fsp3) is 0.600. The Morgan fingerprint density at radius 1 is 1.17 bits per heavy atom. The Bertz CT molecular complexity index is 415. The van der Waals surface area contributed by atoms with Gasteiger partial charge in [0.25, 0.3) is 0 Å². The first-order valence-corrected chi connectivity index (χ1v) is 6.63. The van der Waals surface area contributed by atoms with Crippen LogP contribution in [0.5, 0.6) is 11.5 Å². The number of fused-ring (bicyclic) bond motifs is 1. The van der Waals surface area contributed by atoms with E-state index in [-0.39, 0.29) is 5.54 Å². The predicted molar refractivity (Wildman–Crippen MR) is 73.6 cm³/mol. The van der Waals surface area contributed by atoms with Gasteiger partial charge < -0.3 is 14.8 Å². The Morgan fingerprint density at radius 3 is 2.50 bits per heavy atom. The molecule has 1 heterocycles. The van der Waals surface area contributed by atoms with Crippen molar-refractivity contribution in [3.05, 3.63) is 23.8 Å². The van der Waals surface area contributed by atoms with Crippen molar-refractivity contribution >= 4 is 0 Å². The number of rotatable bonds is 3. The molecule has 0 radical (unpaired) electrons. The van der Waals surface area contributed by atoms with Gasteiger partial charge in [-0.05, 0) is 44.5 Å². The van der Waals surface area contributed by atoms with Crippen LogP contribution < -0.4 is 14.8 Å². The van der Waals surface area contributed by atoms with E-state index < -0.39 is 0 Å². The molecule has 1 aliphatic rings. The van der Waals surface area contributed by atoms with E-state index >= 15 is 0 Å². The highest BCUT2D eigenvalue weighted by Gasteiger charge is 2.26. The molecule has 3 nitrogen and oxygen atoms in total. The molecule has 1 atom stereocenters. The first kappa shape index (κ1) is 13.2. The van der Waals surface area contributed by atoms with Crippen LogP contribution >= 0.6 is 0 Å². The van der Waals surface area contributed by atoms with Crippen LogP contribution in [-0.2, 0) is 0 Å². The summed E-state index contributed by atoms with van der Waals surface area (Å²) in [6, 6.07) is 6.28. The number of likely N-dealkylation sites (N-methyl/N-ethyl adjacent to an activating group) is 1. The minimum atomic E-state index is 0.0554. The summed E-state index contributed by atoms with van der Waals surface area (Å²) in [6.07, 6.45) is 0.946. The molecule has 1 N–H and O–H groups in total. The highest BCUT2D eigenvalue weighted by Crippen LogP contribution is 2.35. The summed E-state index contributed by atoms with van der Waals surface area (Å²) in [6.45, 7) is 8.13. The lowest BCUT2D eigenvalue weighted by molar-refractivity contribution is 0.296. The van der Waals surface area contributed by atoms with Crippen LogP contribution in [0.25, 0.3) is 0 Å². The van der Waals surface area contributed by atoms with Gasteiger partial charge in [0.05, 0.1) is 13.2 Å². The lowest BCUT2D eigenvalue weighted by Crippen LogP contribution is -2.41. The molecular formula is C15H23NO2. The molecule has 1 aromatic carbocycles. The van der Waals surface area contributed by atoms with E-state index in [0.29, 0.717) is 5.92 Å². The maximum absolute atomic E-state index is 5.74. The zero-order valence-electron chi connectivity index (χ0n) is 11.7. The van der Waals surface area contributed by atoms with Crippen LogP contribution in [0.4, 0.5) is 0 Å². The second-order valence-corrected chi connectivity index (χ2v) is 5.45. The average molecular weight is 249 g/mol. The average Bonchev–Trinajstić information content (AvgIpc) is 2.62. The first-order chi connectivity index (χ1) is 8.54. The molecule has 0 fully saturated rings. The quantitative estimate of drug-likeness (QED) is 0.893. The van der Waals surface area contributed by atoms with Crippen LogP contribution in [0.15, 0.2) is 18.2 Å². The van der Waals surface area contributed by atoms with Crippen molar-refractivity contribution in [1.29, 1.82) is 0 Å². The van der Waals surface area contributed by atoms with Gasteiger partial charge in [-0.25, -0.2) is 0 Å². The summed E-state index contributed by atoms with van der Waals surface area (Å²) >= 11 is 0. The summed E-state index contributed by atoms with van der Waals surface area (Å²) in [5.74, 6) is 2.15. The van der Waals surface area contributed by atoms with Gasteiger partial charge in [0, 0.05) is 12.0 Å². The zero-order chi connectivity index (χ0) is 13.2. The number of benzene rings is 1. The molecule has 0 bridgehead atoms. The van der Waals surface area contributed by atoms with E-state index in [1.165, 1.54) is 5.56 Å². The number of hydrogen-bond donors (Lipinski definition) is 1. The Balaban J connectivity index is 2.28. The third-order valence-corrected chi connectivity index (χ3v) is 4.00. The Morgan fingerprint density at radius 2 is 1.83 bits per heavy atom. The predicted octanol–water partition coefficient (Wildman–Crippen LogP) is 2.95. The fourth-order valence-corrected chi connectivity index (χ4v) is 2.08. The van der Waals surface area contributed by atoms with Crippen LogP contribution in [0.3, 0.4) is 0 Å². The zero-order valence-corrected chi connectivity index (χ0v) is 11.7. The van der Waals surface area contributed by atoms with Gasteiger partial charge in [0.2, 0.25) is 0 Å². The molecule has 0 amide bonds. The van der Waals surface area contributed by atoms with Gasteiger partial charge in [-0.2, -0.15) is 0 Å². The van der Waals surface area contributed by atoms with E-state index in [1.807, 2.05) is 13.1 Å². The van der Waals surface area contributed by atoms with Crippen LogP contribution in [0, 0.1) is 0 Å². The molecule has 0 saturated carbocycles. The molecule has 2 rings (SSSR count). The Labute approximate surface area is 109 Å². The summed E-state index contributed by atoms with van der Waals surface area (Å²) in [5, 5.41) is 3.36. The fourth-order valence-electron chi connectivity index (χ4n) is 2.08. The topological polar surface area (TPSA) is 30.5 Å². The number of hydrogen-bond acceptors (Lipinski definition) is 3. The summed E-state index contributed by atoms with van der Waals surface area (Å²) in [7, 11) is 2.00. The molecule has 0 spiro atoms. The summed E-state index contributed by atoms with van der Waals surface area (Å²) in [5.41, 5.74) is 1.33. The first-order valence-electron chi connectivity index (χ1n) is 6.63. The largest absolute Gasteiger partial charge is 0.490 e. The second kappa shape index (κ2) is 5.19. The maximum Gasteiger partial charge on any atom is 0.161 e. The minimum Gasteiger partial charge on any atom is -0.490 e. The molecule has 100 valence electrons. The third kappa shape index (κ3) is 2.61. The van der Waals surface area contributed by atoms with E-state index in [4.69, 9.17) is 9.47 Å². The summed E-state index contributed by atoms with van der Waals surface area (Å²) in [4.78, 5) is 0. The van der Waals surface area contributed by atoms with Crippen molar-refractivity contribution in [1.82, 2.24) is 5.32 Å². The van der Waals surface area contributed by atoms with Gasteiger partial charge in [-0.3, -0.25) is 0 Å². The van der Waals surface area contributed by atoms with Gasteiger partial charge in [0.1, 0.15) is 0 Å². The van der Waals surface area contributed by atoms with Crippen molar-refractivity contribution in [2.24, 2.45) is 0 Å². The number of nitrogens with one attached hydrogen (secondary N) is 1. The minimum absolute atomic E-state index is 0.0554. The number of ether oxygens (including phenoxy) is 2. The van der Waals surface area contributed by atoms with Crippen LogP contribution in [0.2, 0.25) is 0 Å². The van der Waals surface area contributed by atoms with Gasteiger partial charge in [-0.15, -0.1) is 0 Å². The van der Waals surface area contributed by atoms with Gasteiger partial charge in [-0.1, -0.05) is 13.0 Å². The highest BCUT2D eigenvalue weighted by molar-refractivity contribution is 5.44. The Kier molecular flexibility index (Phi) is 3.81. The standard InChI is InChI=1S/C15H23NO2/c1-11(15(2,3)16-4)12-6-7-13-14(10-12)18-9-5-8-17-13/h6-7,10-11,16H,5,8-9H2,1-4H3. The molecule has 0 saturated heterocycles.